The van der Waals surface area contributed by atoms with Crippen molar-refractivity contribution in [1.29, 1.82) is 0 Å². The highest BCUT2D eigenvalue weighted by atomic mass is 32.2. The van der Waals surface area contributed by atoms with Gasteiger partial charge in [0.1, 0.15) is 13.2 Å². The highest BCUT2D eigenvalue weighted by molar-refractivity contribution is 7.89. The van der Waals surface area contributed by atoms with Crippen molar-refractivity contribution in [1.82, 2.24) is 10.0 Å². The molecule has 0 unspecified atom stereocenters. The standard InChI is InChI=1S/C24H32N2O7S/c1-30-20-9-7-18(16-22(20)31-2)11-13-25-24(27)6-4-3-5-12-26-34(28,29)19-8-10-21-23(17-19)33-15-14-32-21/h7-10,16-17,26H,3-6,11-15H2,1-2H3,(H,25,27). The van der Waals surface area contributed by atoms with Gasteiger partial charge in [-0.25, -0.2) is 13.1 Å². The van der Waals surface area contributed by atoms with E-state index in [9.17, 15) is 13.2 Å². The first-order valence-electron chi connectivity index (χ1n) is 11.3. The summed E-state index contributed by atoms with van der Waals surface area (Å²) < 4.78 is 48.9. The molecule has 0 saturated carbocycles. The molecule has 1 amide bonds. The molecule has 2 aromatic rings. The molecule has 3 rings (SSSR count). The predicted molar refractivity (Wildman–Crippen MR) is 127 cm³/mol. The molecule has 1 heterocycles. The first-order chi connectivity index (χ1) is 16.4. The lowest BCUT2D eigenvalue weighted by Gasteiger charge is -2.18. The fraction of sp³-hybridized carbons (Fsp3) is 0.458. The number of ether oxygens (including phenoxy) is 4. The summed E-state index contributed by atoms with van der Waals surface area (Å²) in [5.74, 6) is 2.30. The van der Waals surface area contributed by atoms with E-state index >= 15 is 0 Å². The number of benzene rings is 2. The van der Waals surface area contributed by atoms with E-state index in [4.69, 9.17) is 18.9 Å². The van der Waals surface area contributed by atoms with Gasteiger partial charge >= 0.3 is 0 Å². The Morgan fingerprint density at radius 3 is 2.44 bits per heavy atom. The normalized spacial score (nSPS) is 12.8. The smallest absolute Gasteiger partial charge is 0.240 e. The Kier molecular flexibility index (Phi) is 9.41. The first kappa shape index (κ1) is 25.6. The third kappa shape index (κ3) is 7.26. The molecule has 2 N–H and O–H groups in total. The van der Waals surface area contributed by atoms with Crippen LogP contribution >= 0.6 is 0 Å². The van der Waals surface area contributed by atoms with Gasteiger partial charge in [-0.1, -0.05) is 12.5 Å². The lowest BCUT2D eigenvalue weighted by atomic mass is 10.1. The zero-order valence-corrected chi connectivity index (χ0v) is 20.4. The Hall–Kier alpha value is -2.98. The van der Waals surface area contributed by atoms with Crippen LogP contribution in [-0.2, 0) is 21.2 Å². The van der Waals surface area contributed by atoms with Crippen LogP contribution in [0.3, 0.4) is 0 Å². The Morgan fingerprint density at radius 2 is 1.68 bits per heavy atom. The maximum atomic E-state index is 12.5. The zero-order valence-electron chi connectivity index (χ0n) is 19.6. The number of hydrogen-bond donors (Lipinski definition) is 2. The van der Waals surface area contributed by atoms with E-state index in [0.29, 0.717) is 75.0 Å². The highest BCUT2D eigenvalue weighted by Crippen LogP contribution is 2.32. The van der Waals surface area contributed by atoms with Gasteiger partial charge in [-0.3, -0.25) is 4.79 Å². The number of fused-ring (bicyclic) bond motifs is 1. The molecule has 0 atom stereocenters. The van der Waals surface area contributed by atoms with Crippen LogP contribution in [0.2, 0.25) is 0 Å². The molecule has 0 bridgehead atoms. The minimum absolute atomic E-state index is 0.0164. The lowest BCUT2D eigenvalue weighted by molar-refractivity contribution is -0.121. The van der Waals surface area contributed by atoms with E-state index in [0.717, 1.165) is 12.0 Å². The van der Waals surface area contributed by atoms with Crippen molar-refractivity contribution in [2.75, 3.05) is 40.5 Å². The molecule has 34 heavy (non-hydrogen) atoms. The van der Waals surface area contributed by atoms with E-state index in [1.165, 1.54) is 12.1 Å². The van der Waals surface area contributed by atoms with Crippen LogP contribution in [0.15, 0.2) is 41.3 Å². The summed E-state index contributed by atoms with van der Waals surface area (Å²) >= 11 is 0. The SMILES string of the molecule is COc1ccc(CCNC(=O)CCCCCNS(=O)(=O)c2ccc3c(c2)OCCO3)cc1OC. The molecule has 2 aromatic carbocycles. The highest BCUT2D eigenvalue weighted by Gasteiger charge is 2.19. The molecule has 1 aliphatic rings. The summed E-state index contributed by atoms with van der Waals surface area (Å²) in [6, 6.07) is 10.3. The van der Waals surface area contributed by atoms with Crippen molar-refractivity contribution in [2.24, 2.45) is 0 Å². The van der Waals surface area contributed by atoms with Gasteiger partial charge in [0.25, 0.3) is 0 Å². The predicted octanol–water partition coefficient (Wildman–Crippen LogP) is 2.67. The number of carbonyl (C=O) groups excluding carboxylic acids is 1. The second-order valence-electron chi connectivity index (χ2n) is 7.80. The molecule has 9 nitrogen and oxygen atoms in total. The molecule has 186 valence electrons. The zero-order chi connectivity index (χ0) is 24.4. The Bertz CT molecular complexity index is 1070. The maximum Gasteiger partial charge on any atom is 0.240 e. The van der Waals surface area contributed by atoms with Gasteiger partial charge in [0.2, 0.25) is 15.9 Å². The number of amides is 1. The van der Waals surface area contributed by atoms with Crippen LogP contribution in [0, 0.1) is 0 Å². The lowest BCUT2D eigenvalue weighted by Crippen LogP contribution is -2.26. The Balaban J connectivity index is 1.30. The number of hydrogen-bond acceptors (Lipinski definition) is 7. The minimum atomic E-state index is -3.63. The van der Waals surface area contributed by atoms with Crippen LogP contribution in [0.4, 0.5) is 0 Å². The molecule has 0 aliphatic carbocycles. The fourth-order valence-corrected chi connectivity index (χ4v) is 4.63. The molecule has 0 fully saturated rings. The third-order valence-corrected chi connectivity index (χ3v) is 6.84. The van der Waals surface area contributed by atoms with Crippen molar-refractivity contribution < 1.29 is 32.2 Å². The molecular formula is C24H32N2O7S. The minimum Gasteiger partial charge on any atom is -0.493 e. The van der Waals surface area contributed by atoms with E-state index in [1.54, 1.807) is 20.3 Å². The summed E-state index contributed by atoms with van der Waals surface area (Å²) in [7, 11) is -0.446. The summed E-state index contributed by atoms with van der Waals surface area (Å²) in [6.45, 7) is 1.68. The van der Waals surface area contributed by atoms with Gasteiger partial charge in [0.15, 0.2) is 23.0 Å². The molecule has 0 aromatic heterocycles. The molecule has 0 saturated heterocycles. The van der Waals surface area contributed by atoms with Gasteiger partial charge in [-0.05, 0) is 49.1 Å². The number of sulfonamides is 1. The van der Waals surface area contributed by atoms with Crippen LogP contribution in [0.25, 0.3) is 0 Å². The molecular weight excluding hydrogens is 460 g/mol. The molecule has 1 aliphatic heterocycles. The van der Waals surface area contributed by atoms with E-state index in [2.05, 4.69) is 10.0 Å². The van der Waals surface area contributed by atoms with Gasteiger partial charge < -0.3 is 24.3 Å². The molecule has 0 radical (unpaired) electrons. The summed E-state index contributed by atoms with van der Waals surface area (Å²) in [5.41, 5.74) is 1.04. The van der Waals surface area contributed by atoms with Gasteiger partial charge in [-0.15, -0.1) is 0 Å². The van der Waals surface area contributed by atoms with Gasteiger partial charge in [0.05, 0.1) is 19.1 Å². The van der Waals surface area contributed by atoms with Crippen molar-refractivity contribution >= 4 is 15.9 Å². The van der Waals surface area contributed by atoms with Crippen molar-refractivity contribution in [3.8, 4) is 23.0 Å². The topological polar surface area (TPSA) is 112 Å². The number of nitrogens with one attached hydrogen (secondary N) is 2. The number of rotatable bonds is 13. The Labute approximate surface area is 200 Å². The van der Waals surface area contributed by atoms with Crippen LogP contribution in [-0.4, -0.2) is 54.8 Å². The van der Waals surface area contributed by atoms with Gasteiger partial charge in [0, 0.05) is 25.6 Å². The average molecular weight is 493 g/mol. The van der Waals surface area contributed by atoms with Crippen molar-refractivity contribution in [3.05, 3.63) is 42.0 Å². The van der Waals surface area contributed by atoms with Gasteiger partial charge in [-0.2, -0.15) is 0 Å². The monoisotopic (exact) mass is 492 g/mol. The number of methoxy groups -OCH3 is 2. The van der Waals surface area contributed by atoms with E-state index in [-0.39, 0.29) is 10.8 Å². The molecule has 10 heteroatoms. The second-order valence-corrected chi connectivity index (χ2v) is 9.57. The van der Waals surface area contributed by atoms with Crippen LogP contribution in [0.5, 0.6) is 23.0 Å². The Morgan fingerprint density at radius 1 is 0.912 bits per heavy atom. The van der Waals surface area contributed by atoms with E-state index < -0.39 is 10.0 Å². The van der Waals surface area contributed by atoms with E-state index in [1.807, 2.05) is 18.2 Å². The molecule has 0 spiro atoms. The van der Waals surface area contributed by atoms with Crippen molar-refractivity contribution in [3.63, 3.8) is 0 Å². The maximum absolute atomic E-state index is 12.5. The second kappa shape index (κ2) is 12.5. The average Bonchev–Trinajstić information content (AvgIpc) is 2.85. The number of unbranched alkanes of at least 4 members (excludes halogenated alkanes) is 2. The summed E-state index contributed by atoms with van der Waals surface area (Å²) in [4.78, 5) is 12.2. The summed E-state index contributed by atoms with van der Waals surface area (Å²) in [6.07, 6.45) is 3.16. The fourth-order valence-electron chi connectivity index (χ4n) is 3.54. The van der Waals surface area contributed by atoms with Crippen LogP contribution in [0.1, 0.15) is 31.2 Å². The quantitative estimate of drug-likeness (QED) is 0.414. The number of carbonyl (C=O) groups is 1. The largest absolute Gasteiger partial charge is 0.493 e. The summed E-state index contributed by atoms with van der Waals surface area (Å²) in [5, 5.41) is 2.91. The third-order valence-electron chi connectivity index (χ3n) is 5.38. The van der Waals surface area contributed by atoms with Crippen LogP contribution < -0.4 is 29.0 Å². The van der Waals surface area contributed by atoms with Crippen molar-refractivity contribution in [2.45, 2.75) is 37.0 Å². The first-order valence-corrected chi connectivity index (χ1v) is 12.8.